The van der Waals surface area contributed by atoms with E-state index in [0.717, 1.165) is 18.3 Å². The molecule has 17 heavy (non-hydrogen) atoms. The average Bonchev–Trinajstić information content (AvgIpc) is 2.28. The molecule has 1 heterocycles. The fourth-order valence-corrected chi connectivity index (χ4v) is 1.31. The van der Waals surface area contributed by atoms with Gasteiger partial charge in [0.25, 0.3) is 0 Å². The maximum absolute atomic E-state index is 12.8. The molecule has 2 nitrogen and oxygen atoms in total. The third-order valence-corrected chi connectivity index (χ3v) is 2.11. The normalized spacial score (nSPS) is 11.5. The van der Waals surface area contributed by atoms with E-state index in [1.807, 2.05) is 0 Å². The fourth-order valence-electron chi connectivity index (χ4n) is 1.31. The van der Waals surface area contributed by atoms with Gasteiger partial charge in [-0.1, -0.05) is 12.1 Å². The molecule has 0 aliphatic carbocycles. The Balaban J connectivity index is 2.36. The quantitative estimate of drug-likeness (QED) is 0.717. The zero-order chi connectivity index (χ0) is 12.5. The number of aromatic nitrogens is 2. The van der Waals surface area contributed by atoms with Crippen LogP contribution in [0.5, 0.6) is 0 Å². The third-order valence-electron chi connectivity index (χ3n) is 2.11. The summed E-state index contributed by atoms with van der Waals surface area (Å²) < 4.78 is 49.7. The molecule has 2 rings (SSSR count). The lowest BCUT2D eigenvalue weighted by molar-refractivity contribution is -0.137. The fraction of sp³-hybridized carbons (Fsp3) is 0.0909. The van der Waals surface area contributed by atoms with Gasteiger partial charge in [0, 0.05) is 5.56 Å². The van der Waals surface area contributed by atoms with Gasteiger partial charge in [0.1, 0.15) is 0 Å². The number of hydrogen-bond donors (Lipinski definition) is 0. The van der Waals surface area contributed by atoms with E-state index < -0.39 is 17.7 Å². The summed E-state index contributed by atoms with van der Waals surface area (Å²) in [5, 5.41) is 0. The predicted octanol–water partition coefficient (Wildman–Crippen LogP) is 3.30. The van der Waals surface area contributed by atoms with E-state index in [9.17, 15) is 17.6 Å². The molecule has 1 aromatic heterocycles. The van der Waals surface area contributed by atoms with Crippen molar-refractivity contribution in [1.29, 1.82) is 0 Å². The minimum atomic E-state index is -4.38. The van der Waals surface area contributed by atoms with Gasteiger partial charge in [0.05, 0.1) is 23.7 Å². The van der Waals surface area contributed by atoms with Gasteiger partial charge in [0.15, 0.2) is 0 Å². The summed E-state index contributed by atoms with van der Waals surface area (Å²) in [5.41, 5.74) is -0.186. The summed E-state index contributed by atoms with van der Waals surface area (Å²) in [6.45, 7) is 0. The minimum absolute atomic E-state index is 0.193. The second-order valence-corrected chi connectivity index (χ2v) is 3.30. The highest BCUT2D eigenvalue weighted by Crippen LogP contribution is 2.30. The van der Waals surface area contributed by atoms with Crippen molar-refractivity contribution in [1.82, 2.24) is 9.97 Å². The summed E-state index contributed by atoms with van der Waals surface area (Å²) in [5.74, 6) is -0.776. The van der Waals surface area contributed by atoms with Crippen molar-refractivity contribution in [3.8, 4) is 11.3 Å². The van der Waals surface area contributed by atoms with Gasteiger partial charge in [-0.25, -0.2) is 4.98 Å². The molecule has 6 heteroatoms. The SMILES string of the molecule is Fc1cncc(-c2ccc(C(F)(F)F)cc2)n1. The largest absolute Gasteiger partial charge is 0.416 e. The molecule has 0 aliphatic heterocycles. The molecule has 0 saturated carbocycles. The molecule has 0 saturated heterocycles. The lowest BCUT2D eigenvalue weighted by atomic mass is 10.1. The van der Waals surface area contributed by atoms with Crippen LogP contribution in [0.1, 0.15) is 5.56 Å². The Morgan fingerprint density at radius 1 is 0.941 bits per heavy atom. The number of alkyl halides is 3. The Hall–Kier alpha value is -1.98. The first kappa shape index (κ1) is 11.5. The van der Waals surface area contributed by atoms with Gasteiger partial charge in [0.2, 0.25) is 5.95 Å². The molecule has 0 N–H and O–H groups in total. The van der Waals surface area contributed by atoms with Gasteiger partial charge >= 0.3 is 6.18 Å². The van der Waals surface area contributed by atoms with Crippen LogP contribution in [0.4, 0.5) is 17.6 Å². The van der Waals surface area contributed by atoms with Crippen LogP contribution >= 0.6 is 0 Å². The molecule has 88 valence electrons. The molecule has 0 unspecified atom stereocenters. The van der Waals surface area contributed by atoms with Crippen LogP contribution in [0.2, 0.25) is 0 Å². The van der Waals surface area contributed by atoms with Crippen LogP contribution in [-0.2, 0) is 6.18 Å². The van der Waals surface area contributed by atoms with Gasteiger partial charge in [-0.3, -0.25) is 4.98 Å². The first-order valence-corrected chi connectivity index (χ1v) is 4.62. The molecule has 0 bridgehead atoms. The minimum Gasteiger partial charge on any atom is -0.258 e. The Morgan fingerprint density at radius 3 is 2.12 bits per heavy atom. The third kappa shape index (κ3) is 2.58. The topological polar surface area (TPSA) is 25.8 Å². The smallest absolute Gasteiger partial charge is 0.258 e. The second kappa shape index (κ2) is 4.12. The highest BCUT2D eigenvalue weighted by atomic mass is 19.4. The van der Waals surface area contributed by atoms with E-state index in [-0.39, 0.29) is 5.69 Å². The standard InChI is InChI=1S/C11H6F4N2/c12-10-6-16-5-9(17-10)7-1-3-8(4-2-7)11(13,14)15/h1-6H. The van der Waals surface area contributed by atoms with Crippen molar-refractivity contribution >= 4 is 0 Å². The molecule has 0 amide bonds. The van der Waals surface area contributed by atoms with Gasteiger partial charge in [-0.05, 0) is 12.1 Å². The van der Waals surface area contributed by atoms with E-state index in [1.54, 1.807) is 0 Å². The number of nitrogens with zero attached hydrogens (tertiary/aromatic N) is 2. The molecule has 0 fully saturated rings. The van der Waals surface area contributed by atoms with E-state index in [4.69, 9.17) is 0 Å². The lowest BCUT2D eigenvalue weighted by Crippen LogP contribution is -2.04. The van der Waals surface area contributed by atoms with E-state index in [0.29, 0.717) is 5.56 Å². The number of hydrogen-bond acceptors (Lipinski definition) is 2. The van der Waals surface area contributed by atoms with Crippen molar-refractivity contribution < 1.29 is 17.6 Å². The average molecular weight is 242 g/mol. The van der Waals surface area contributed by atoms with Crippen molar-refractivity contribution in [2.24, 2.45) is 0 Å². The summed E-state index contributed by atoms with van der Waals surface area (Å²) in [7, 11) is 0. The van der Waals surface area contributed by atoms with Gasteiger partial charge in [-0.15, -0.1) is 0 Å². The monoisotopic (exact) mass is 242 g/mol. The maximum Gasteiger partial charge on any atom is 0.416 e. The molecule has 1 aromatic carbocycles. The van der Waals surface area contributed by atoms with Crippen LogP contribution in [0.25, 0.3) is 11.3 Å². The number of halogens is 4. The van der Waals surface area contributed by atoms with Crippen LogP contribution in [0.15, 0.2) is 36.7 Å². The summed E-state index contributed by atoms with van der Waals surface area (Å²) >= 11 is 0. The van der Waals surface area contributed by atoms with Crippen LogP contribution in [0, 0.1) is 5.95 Å². The summed E-state index contributed by atoms with van der Waals surface area (Å²) in [6.07, 6.45) is -2.18. The first-order chi connectivity index (χ1) is 7.97. The Kier molecular flexibility index (Phi) is 2.79. The van der Waals surface area contributed by atoms with E-state index in [2.05, 4.69) is 9.97 Å². The Bertz CT molecular complexity index is 520. The van der Waals surface area contributed by atoms with Gasteiger partial charge in [-0.2, -0.15) is 17.6 Å². The number of benzene rings is 1. The molecule has 2 aromatic rings. The van der Waals surface area contributed by atoms with E-state index >= 15 is 0 Å². The maximum atomic E-state index is 12.8. The molecule has 0 radical (unpaired) electrons. The summed E-state index contributed by atoms with van der Waals surface area (Å²) in [4.78, 5) is 7.10. The van der Waals surface area contributed by atoms with Crippen molar-refractivity contribution in [2.75, 3.05) is 0 Å². The summed E-state index contributed by atoms with van der Waals surface area (Å²) in [6, 6.07) is 4.29. The second-order valence-electron chi connectivity index (χ2n) is 3.30. The van der Waals surface area contributed by atoms with Crippen LogP contribution in [0.3, 0.4) is 0 Å². The molecule has 0 atom stereocenters. The van der Waals surface area contributed by atoms with Crippen molar-refractivity contribution in [2.45, 2.75) is 6.18 Å². The highest BCUT2D eigenvalue weighted by molar-refractivity contribution is 5.58. The first-order valence-electron chi connectivity index (χ1n) is 4.62. The molecule has 0 spiro atoms. The predicted molar refractivity (Wildman–Crippen MR) is 52.4 cm³/mol. The zero-order valence-corrected chi connectivity index (χ0v) is 8.37. The number of rotatable bonds is 1. The Labute approximate surface area is 94.0 Å². The van der Waals surface area contributed by atoms with E-state index in [1.165, 1.54) is 18.3 Å². The lowest BCUT2D eigenvalue weighted by Gasteiger charge is -2.07. The zero-order valence-electron chi connectivity index (χ0n) is 8.37. The van der Waals surface area contributed by atoms with Crippen LogP contribution < -0.4 is 0 Å². The molecular weight excluding hydrogens is 236 g/mol. The highest BCUT2D eigenvalue weighted by Gasteiger charge is 2.29. The molecule has 0 aliphatic rings. The van der Waals surface area contributed by atoms with Crippen molar-refractivity contribution in [3.05, 3.63) is 48.2 Å². The van der Waals surface area contributed by atoms with Gasteiger partial charge < -0.3 is 0 Å². The van der Waals surface area contributed by atoms with Crippen LogP contribution in [-0.4, -0.2) is 9.97 Å². The molecular formula is C11H6F4N2. The van der Waals surface area contributed by atoms with Crippen molar-refractivity contribution in [3.63, 3.8) is 0 Å². The Morgan fingerprint density at radius 2 is 1.59 bits per heavy atom.